The van der Waals surface area contributed by atoms with Crippen molar-refractivity contribution in [2.75, 3.05) is 9.80 Å². The van der Waals surface area contributed by atoms with E-state index in [-0.39, 0.29) is 0 Å². The van der Waals surface area contributed by atoms with Crippen LogP contribution in [0.4, 0.5) is 39.8 Å². The van der Waals surface area contributed by atoms with Gasteiger partial charge in [-0.25, -0.2) is 4.85 Å². The standard InChI is InChI=1S/C63H38N4O2/c1-65-44-25-19-31-48(37-44)66(45-26-10-4-11-27-45)53-38-52-60(62-57(53)49-32-14-16-34-55(49)69-62)59-51(63(52,42-21-6-2-7-22-42)43-23-8-3-9-24-43)39-54(61-58(59)50-33-15-17-35-56(50)68-61)67(46-28-12-5-13-29-46)47-30-18-20-41(36-47)40-64/h2-39H. The van der Waals surface area contributed by atoms with Crippen molar-refractivity contribution in [2.45, 2.75) is 5.41 Å². The van der Waals surface area contributed by atoms with Crippen LogP contribution in [0.15, 0.2) is 239 Å². The van der Waals surface area contributed by atoms with Crippen molar-refractivity contribution >= 4 is 83.7 Å². The average molecular weight is 883 g/mol. The molecule has 2 heterocycles. The van der Waals surface area contributed by atoms with Gasteiger partial charge in [0, 0.05) is 50.0 Å². The third-order valence-electron chi connectivity index (χ3n) is 13.7. The normalized spacial score (nSPS) is 12.4. The number of nitriles is 1. The number of rotatable bonds is 8. The van der Waals surface area contributed by atoms with Crippen LogP contribution in [0.5, 0.6) is 0 Å². The van der Waals surface area contributed by atoms with Gasteiger partial charge < -0.3 is 18.6 Å². The van der Waals surface area contributed by atoms with Crippen molar-refractivity contribution in [3.63, 3.8) is 0 Å². The van der Waals surface area contributed by atoms with Gasteiger partial charge in [0.25, 0.3) is 0 Å². The van der Waals surface area contributed by atoms with Gasteiger partial charge in [0.2, 0.25) is 0 Å². The Morgan fingerprint density at radius 1 is 0.435 bits per heavy atom. The number of fused-ring (bicyclic) bond motifs is 11. The molecule has 6 heteroatoms. The lowest BCUT2D eigenvalue weighted by Gasteiger charge is -2.36. The molecule has 322 valence electrons. The quantitative estimate of drug-likeness (QED) is 0.142. The molecular weight excluding hydrogens is 845 g/mol. The zero-order valence-electron chi connectivity index (χ0n) is 37.0. The molecule has 0 saturated carbocycles. The maximum Gasteiger partial charge on any atom is 0.189 e. The Labute approximate surface area is 398 Å². The van der Waals surface area contributed by atoms with E-state index in [0.29, 0.717) is 16.8 Å². The van der Waals surface area contributed by atoms with Gasteiger partial charge in [-0.15, -0.1) is 0 Å². The molecule has 0 amide bonds. The summed E-state index contributed by atoms with van der Waals surface area (Å²) in [5.41, 5.74) is 14.7. The molecule has 69 heavy (non-hydrogen) atoms. The number of hydrogen-bond donors (Lipinski definition) is 0. The summed E-state index contributed by atoms with van der Waals surface area (Å²) in [7, 11) is 0. The summed E-state index contributed by atoms with van der Waals surface area (Å²) in [4.78, 5) is 8.39. The molecule has 0 N–H and O–H groups in total. The van der Waals surface area contributed by atoms with Crippen molar-refractivity contribution in [3.05, 3.63) is 270 Å². The lowest BCUT2D eigenvalue weighted by atomic mass is 9.67. The van der Waals surface area contributed by atoms with Crippen molar-refractivity contribution < 1.29 is 8.83 Å². The minimum Gasteiger partial charge on any atom is -0.455 e. The monoisotopic (exact) mass is 882 g/mol. The third-order valence-corrected chi connectivity index (χ3v) is 13.7. The number of hydrogen-bond acceptors (Lipinski definition) is 5. The van der Waals surface area contributed by atoms with Crippen LogP contribution < -0.4 is 9.80 Å². The average Bonchev–Trinajstić information content (AvgIpc) is 4.09. The van der Waals surface area contributed by atoms with E-state index in [1.807, 2.05) is 78.9 Å². The van der Waals surface area contributed by atoms with Crippen LogP contribution >= 0.6 is 0 Å². The first-order valence-electron chi connectivity index (χ1n) is 22.9. The minimum absolute atomic E-state index is 0.545. The van der Waals surface area contributed by atoms with Crippen LogP contribution in [-0.4, -0.2) is 0 Å². The highest BCUT2D eigenvalue weighted by Gasteiger charge is 2.50. The number of benzene rings is 10. The van der Waals surface area contributed by atoms with Gasteiger partial charge in [0.05, 0.1) is 40.4 Å². The number of nitrogens with zero attached hydrogens (tertiary/aromatic N) is 4. The molecule has 0 aliphatic heterocycles. The molecule has 0 atom stereocenters. The first-order valence-corrected chi connectivity index (χ1v) is 22.9. The lowest BCUT2D eigenvalue weighted by Crippen LogP contribution is -2.29. The molecule has 0 unspecified atom stereocenters. The lowest BCUT2D eigenvalue weighted by molar-refractivity contribution is 0.668. The smallest absolute Gasteiger partial charge is 0.189 e. The van der Waals surface area contributed by atoms with Crippen molar-refractivity contribution in [2.24, 2.45) is 0 Å². The Bertz CT molecular complexity index is 4010. The second-order valence-electron chi connectivity index (χ2n) is 17.4. The zero-order valence-corrected chi connectivity index (χ0v) is 37.0. The highest BCUT2D eigenvalue weighted by molar-refractivity contribution is 6.26. The fourth-order valence-electron chi connectivity index (χ4n) is 10.9. The molecule has 10 aromatic carbocycles. The van der Waals surface area contributed by atoms with E-state index in [1.54, 1.807) is 0 Å². The molecule has 0 radical (unpaired) electrons. The van der Waals surface area contributed by atoms with Crippen LogP contribution in [0.3, 0.4) is 0 Å². The fraction of sp³-hybridized carbons (Fsp3) is 0.0159. The Morgan fingerprint density at radius 2 is 0.913 bits per heavy atom. The third kappa shape index (κ3) is 5.97. The van der Waals surface area contributed by atoms with Crippen LogP contribution in [0.1, 0.15) is 27.8 Å². The molecule has 0 spiro atoms. The first kappa shape index (κ1) is 39.7. The second kappa shape index (κ2) is 15.8. The van der Waals surface area contributed by atoms with Crippen molar-refractivity contribution in [1.29, 1.82) is 5.26 Å². The fourth-order valence-corrected chi connectivity index (χ4v) is 10.9. The van der Waals surface area contributed by atoms with E-state index < -0.39 is 5.41 Å². The number of para-hydroxylation sites is 4. The summed E-state index contributed by atoms with van der Waals surface area (Å²) in [5, 5.41) is 14.1. The van der Waals surface area contributed by atoms with Crippen molar-refractivity contribution in [3.8, 4) is 17.2 Å². The molecule has 0 saturated heterocycles. The largest absolute Gasteiger partial charge is 0.455 e. The molecule has 13 rings (SSSR count). The molecule has 0 fully saturated rings. The predicted octanol–water partition coefficient (Wildman–Crippen LogP) is 17.2. The van der Waals surface area contributed by atoms with Gasteiger partial charge in [-0.05, 0) is 101 Å². The first-order chi connectivity index (χ1) is 34.1. The van der Waals surface area contributed by atoms with Gasteiger partial charge >= 0.3 is 0 Å². The summed E-state index contributed by atoms with van der Waals surface area (Å²) in [5.74, 6) is 0. The summed E-state index contributed by atoms with van der Waals surface area (Å²) < 4.78 is 14.5. The highest BCUT2D eigenvalue weighted by atomic mass is 16.3. The van der Waals surface area contributed by atoms with Gasteiger partial charge in [0.1, 0.15) is 16.7 Å². The summed E-state index contributed by atoms with van der Waals surface area (Å²) >= 11 is 0. The summed E-state index contributed by atoms with van der Waals surface area (Å²) in [6, 6.07) is 81.6. The Hall–Kier alpha value is -9.62. The topological polar surface area (TPSA) is 60.9 Å². The minimum atomic E-state index is -0.937. The zero-order chi connectivity index (χ0) is 46.1. The van der Waals surface area contributed by atoms with Crippen molar-refractivity contribution in [1.82, 2.24) is 0 Å². The molecule has 1 aliphatic rings. The molecule has 2 aromatic heterocycles. The van der Waals surface area contributed by atoms with Gasteiger partial charge in [0.15, 0.2) is 11.3 Å². The predicted molar refractivity (Wildman–Crippen MR) is 279 cm³/mol. The Morgan fingerprint density at radius 3 is 1.52 bits per heavy atom. The van der Waals surface area contributed by atoms with E-state index >= 15 is 0 Å². The number of furan rings is 2. The van der Waals surface area contributed by atoms with Crippen LogP contribution in [0.25, 0.3) is 59.8 Å². The molecule has 6 nitrogen and oxygen atoms in total. The SMILES string of the molecule is [C-]#[N+]c1cccc(N(c2ccccc2)c2cc3c(c4oc5ccccc5c24)-c2c(cc(N(c4ccccc4)c4cccc(C#N)c4)c4oc5ccccc5c24)C3(c2ccccc2)c2ccccc2)c1. The van der Waals surface area contributed by atoms with E-state index in [9.17, 15) is 5.26 Å². The van der Waals surface area contributed by atoms with Gasteiger partial charge in [-0.2, -0.15) is 5.26 Å². The van der Waals surface area contributed by atoms with Crippen LogP contribution in [-0.2, 0) is 5.41 Å². The maximum atomic E-state index is 10.3. The maximum absolute atomic E-state index is 10.3. The van der Waals surface area contributed by atoms with E-state index in [2.05, 4.69) is 172 Å². The molecular formula is C63H38N4O2. The Kier molecular flexibility index (Phi) is 9.08. The highest BCUT2D eigenvalue weighted by Crippen LogP contribution is 2.64. The van der Waals surface area contributed by atoms with Crippen LogP contribution in [0, 0.1) is 17.9 Å². The number of anilines is 6. The second-order valence-corrected chi connectivity index (χ2v) is 17.4. The van der Waals surface area contributed by atoms with E-state index in [0.717, 1.165) is 106 Å². The summed E-state index contributed by atoms with van der Waals surface area (Å²) in [6.07, 6.45) is 0. The van der Waals surface area contributed by atoms with E-state index in [1.165, 1.54) is 0 Å². The molecule has 1 aliphatic carbocycles. The van der Waals surface area contributed by atoms with Crippen LogP contribution in [0.2, 0.25) is 0 Å². The van der Waals surface area contributed by atoms with Gasteiger partial charge in [-0.3, -0.25) is 0 Å². The molecule has 12 aromatic rings. The van der Waals surface area contributed by atoms with E-state index in [4.69, 9.17) is 15.4 Å². The Balaban J connectivity index is 1.27. The molecule has 0 bridgehead atoms. The van der Waals surface area contributed by atoms with Gasteiger partial charge in [-0.1, -0.05) is 152 Å². The summed E-state index contributed by atoms with van der Waals surface area (Å²) in [6.45, 7) is 8.08.